The summed E-state index contributed by atoms with van der Waals surface area (Å²) in [5.74, 6) is 3.32. The van der Waals surface area contributed by atoms with Crippen LogP contribution in [0.2, 0.25) is 0 Å². The molecule has 0 N–H and O–H groups in total. The lowest BCUT2D eigenvalue weighted by Gasteiger charge is -2.30. The summed E-state index contributed by atoms with van der Waals surface area (Å²) in [5.41, 5.74) is 28.8. The summed E-state index contributed by atoms with van der Waals surface area (Å²) in [7, 11) is 0. The van der Waals surface area contributed by atoms with E-state index in [-0.39, 0.29) is 0 Å². The van der Waals surface area contributed by atoms with Gasteiger partial charge in [-0.15, -0.1) is 0 Å². The summed E-state index contributed by atoms with van der Waals surface area (Å²) in [6.07, 6.45) is 0. The van der Waals surface area contributed by atoms with E-state index in [4.69, 9.17) is 22.7 Å². The van der Waals surface area contributed by atoms with Gasteiger partial charge in [0.1, 0.15) is 39.7 Å². The summed E-state index contributed by atoms with van der Waals surface area (Å²) in [6.45, 7) is 8.73. The van der Waals surface area contributed by atoms with E-state index in [2.05, 4.69) is 454 Å². The lowest BCUT2D eigenvalue weighted by Crippen LogP contribution is -2.12. The van der Waals surface area contributed by atoms with E-state index < -0.39 is 0 Å². The molecule has 28 rings (SSSR count). The molecule has 0 radical (unpaired) electrons. The molecule has 0 saturated carbocycles. The van der Waals surface area contributed by atoms with E-state index in [1.165, 1.54) is 65.2 Å². The Hall–Kier alpha value is -17.9. The molecule has 2 aliphatic rings. The molecule has 9 nitrogen and oxygen atoms in total. The van der Waals surface area contributed by atoms with Crippen molar-refractivity contribution in [1.82, 2.24) is 0 Å². The van der Waals surface area contributed by atoms with Gasteiger partial charge in [-0.25, -0.2) is 0 Å². The molecule has 26 aromatic rings. The van der Waals surface area contributed by atoms with Gasteiger partial charge in [-0.1, -0.05) is 284 Å². The molecule has 3 aromatic heterocycles. The second kappa shape index (κ2) is 31.4. The van der Waals surface area contributed by atoms with Gasteiger partial charge in [-0.3, -0.25) is 0 Å². The molecule has 0 aliphatic carbocycles. The Balaban J connectivity index is 0.000000140. The third-order valence-electron chi connectivity index (χ3n) is 27.9. The van der Waals surface area contributed by atoms with Crippen LogP contribution in [0.25, 0.3) is 175 Å². The topological polar surface area (TPSA) is 70.8 Å². The minimum absolute atomic E-state index is 0.800. The van der Waals surface area contributed by atoms with Crippen LogP contribution in [0.3, 0.4) is 0 Å². The van der Waals surface area contributed by atoms with E-state index >= 15 is 0 Å². The number of aryl methyl sites for hydroxylation is 4. The Morgan fingerprint density at radius 1 is 0.168 bits per heavy atom. The van der Waals surface area contributed by atoms with Crippen LogP contribution in [0.4, 0.5) is 68.2 Å². The Morgan fingerprint density at radius 2 is 0.518 bits per heavy atom. The number of fused-ring (bicyclic) bond motifs is 22. The largest absolute Gasteiger partial charge is 0.456 e. The fourth-order valence-electron chi connectivity index (χ4n) is 21.8. The molecule has 9 heteroatoms. The van der Waals surface area contributed by atoms with Gasteiger partial charge in [0.15, 0.2) is 16.7 Å². The number of benzene rings is 23. The molecule has 646 valence electrons. The number of para-hydroxylation sites is 10. The van der Waals surface area contributed by atoms with Crippen molar-refractivity contribution in [2.24, 2.45) is 0 Å². The van der Waals surface area contributed by atoms with Crippen molar-refractivity contribution in [3.8, 4) is 56.4 Å². The quantitative estimate of drug-likeness (QED) is 0.105. The highest BCUT2D eigenvalue weighted by Gasteiger charge is 2.33. The molecular weight excluding hydrogens is 1670 g/mol. The first-order valence-electron chi connectivity index (χ1n) is 46.8. The zero-order valence-corrected chi connectivity index (χ0v) is 75.4. The van der Waals surface area contributed by atoms with Gasteiger partial charge in [-0.05, 0) is 261 Å². The third kappa shape index (κ3) is 12.8. The van der Waals surface area contributed by atoms with Crippen molar-refractivity contribution in [2.75, 3.05) is 19.6 Å². The maximum Gasteiger partial charge on any atom is 0.159 e. The van der Waals surface area contributed by atoms with Crippen molar-refractivity contribution in [1.29, 1.82) is 0 Å². The van der Waals surface area contributed by atoms with Crippen molar-refractivity contribution >= 4 is 209 Å². The van der Waals surface area contributed by atoms with Crippen LogP contribution in [0.1, 0.15) is 22.3 Å². The average Bonchev–Trinajstić information content (AvgIpc) is 1.65. The van der Waals surface area contributed by atoms with Crippen molar-refractivity contribution in [3.05, 3.63) is 459 Å². The van der Waals surface area contributed by atoms with Gasteiger partial charge in [-0.2, -0.15) is 0 Å². The normalized spacial score (nSPS) is 12.1. The standard InChI is InChI=1S/C68H44N2O3.C60H40N2O2/c1-41-31-33-47-53(35-41)54-39-57-50-34-32-45(69(44-19-7-4-8-20-44)59-27-15-24-51-48-22-10-13-29-62(48)72-67(51)59)38-64(50)71-65-37-42(2)36-56(66(57)65)55(54)40-61(47)70(58-26-12-9-21-46(58)43-17-5-3-6-18-43)60-28-16-25-52-49-23-11-14-30-63(49)73-68(52)60;1-37-24-28-45-49(30-37)50-35-53-47-29-27-44(61(41-16-5-3-6-17-41)54-22-13-21-48-46-20-11-12-23-56(46)64-60(48)54)34-57(47)63-58-32-38(2)31-52(59(53)58)51(50)36-55(45)62(42-18-7-4-8-19-42)43-26-25-39-14-9-10-15-40(39)33-43/h3-40H,1-2H3;3-36H,1-2H3. The smallest absolute Gasteiger partial charge is 0.159 e. The van der Waals surface area contributed by atoms with E-state index in [1.54, 1.807) is 0 Å². The van der Waals surface area contributed by atoms with Crippen LogP contribution >= 0.6 is 0 Å². The number of furan rings is 3. The molecule has 0 bridgehead atoms. The van der Waals surface area contributed by atoms with Gasteiger partial charge in [0, 0.05) is 105 Å². The minimum atomic E-state index is 0.800. The van der Waals surface area contributed by atoms with Gasteiger partial charge in [0.05, 0.1) is 45.5 Å². The van der Waals surface area contributed by atoms with Crippen molar-refractivity contribution in [2.45, 2.75) is 27.7 Å². The SMILES string of the molecule is Cc1ccc2c(N(c3ccccc3)c3ccc4ccccc4c3)cc3c4cc(C)cc5c4c(cc3c2c1)-c1ccc(N(c2ccccc2)c2cccc3c2oc2ccccc23)cc1O5.Cc1ccc2c(N(c3ccccc3-c3ccccc3)c3cccc4c3oc3ccccc34)cc3c4cc(C)cc5c4c(cc3c2c1)-c1ccc(N(c2ccccc2)c2cccc3c2oc2ccccc23)cc1O5. The number of hydrogen-bond acceptors (Lipinski definition) is 9. The monoisotopic (exact) mass is 1760 g/mol. The fourth-order valence-corrected chi connectivity index (χ4v) is 21.8. The molecule has 23 aromatic carbocycles. The van der Waals surface area contributed by atoms with Crippen LogP contribution in [-0.4, -0.2) is 0 Å². The molecule has 0 spiro atoms. The highest BCUT2D eigenvalue weighted by atomic mass is 16.5. The van der Waals surface area contributed by atoms with Crippen molar-refractivity contribution < 1.29 is 22.7 Å². The van der Waals surface area contributed by atoms with Gasteiger partial charge in [0.25, 0.3) is 0 Å². The Morgan fingerprint density at radius 3 is 0.993 bits per heavy atom. The minimum Gasteiger partial charge on any atom is -0.456 e. The average molecular weight is 1760 g/mol. The number of anilines is 12. The third-order valence-corrected chi connectivity index (χ3v) is 27.9. The maximum absolute atomic E-state index is 7.17. The highest BCUT2D eigenvalue weighted by molar-refractivity contribution is 6.29. The predicted molar refractivity (Wildman–Crippen MR) is 571 cm³/mol. The van der Waals surface area contributed by atoms with Crippen molar-refractivity contribution in [3.63, 3.8) is 0 Å². The van der Waals surface area contributed by atoms with Gasteiger partial charge < -0.3 is 42.3 Å². The molecule has 5 heterocycles. The Bertz CT molecular complexity index is 9510. The molecule has 0 amide bonds. The molecule has 2 aliphatic heterocycles. The maximum atomic E-state index is 7.17. The first-order chi connectivity index (χ1) is 67.6. The highest BCUT2D eigenvalue weighted by Crippen LogP contribution is 2.59. The van der Waals surface area contributed by atoms with Crippen LogP contribution in [0.15, 0.2) is 450 Å². The lowest BCUT2D eigenvalue weighted by molar-refractivity contribution is 0.486. The zero-order valence-electron chi connectivity index (χ0n) is 75.4. The van der Waals surface area contributed by atoms with Crippen LogP contribution in [0, 0.1) is 27.7 Å². The summed E-state index contributed by atoms with van der Waals surface area (Å²) in [5, 5.41) is 22.9. The van der Waals surface area contributed by atoms with E-state index in [0.717, 1.165) is 223 Å². The number of ether oxygens (including phenoxy) is 2. The number of rotatable bonds is 13. The second-order valence-corrected chi connectivity index (χ2v) is 36.4. The number of hydrogen-bond donors (Lipinski definition) is 0. The molecule has 0 atom stereocenters. The Kier molecular flexibility index (Phi) is 18.1. The molecule has 137 heavy (non-hydrogen) atoms. The van der Waals surface area contributed by atoms with Gasteiger partial charge >= 0.3 is 0 Å². The van der Waals surface area contributed by atoms with Crippen LogP contribution < -0.4 is 29.1 Å². The summed E-state index contributed by atoms with van der Waals surface area (Å²) >= 11 is 0. The molecule has 0 unspecified atom stereocenters. The summed E-state index contributed by atoms with van der Waals surface area (Å²) < 4.78 is 34.4. The van der Waals surface area contributed by atoms with E-state index in [9.17, 15) is 0 Å². The molecule has 0 saturated heterocycles. The second-order valence-electron chi connectivity index (χ2n) is 36.4. The first kappa shape index (κ1) is 78.9. The molecule has 0 fully saturated rings. The van der Waals surface area contributed by atoms with Crippen LogP contribution in [0.5, 0.6) is 23.0 Å². The lowest BCUT2D eigenvalue weighted by atomic mass is 9.87. The van der Waals surface area contributed by atoms with E-state index in [1.807, 2.05) is 30.3 Å². The summed E-state index contributed by atoms with van der Waals surface area (Å²) in [6, 6.07) is 157. The molecular formula is C128H84N4O5. The van der Waals surface area contributed by atoms with E-state index in [0.29, 0.717) is 0 Å². The number of nitrogens with zero attached hydrogens (tertiary/aromatic N) is 4. The van der Waals surface area contributed by atoms with Gasteiger partial charge in [0.2, 0.25) is 0 Å². The van der Waals surface area contributed by atoms with Crippen LogP contribution in [-0.2, 0) is 0 Å². The predicted octanol–water partition coefficient (Wildman–Crippen LogP) is 37.5. The Labute approximate surface area is 789 Å². The zero-order chi connectivity index (χ0) is 90.8. The fraction of sp³-hybridized carbons (Fsp3) is 0.0312. The first-order valence-corrected chi connectivity index (χ1v) is 46.8. The summed E-state index contributed by atoms with van der Waals surface area (Å²) in [4.78, 5) is 9.41.